The summed E-state index contributed by atoms with van der Waals surface area (Å²) in [6, 6.07) is 0. The van der Waals surface area contributed by atoms with E-state index in [0.717, 1.165) is 0 Å². The Morgan fingerprint density at radius 2 is 2.10 bits per heavy atom. The number of nitrogens with one attached hydrogen (secondary N) is 3. The van der Waals surface area contributed by atoms with E-state index in [1.807, 2.05) is 5.43 Å². The van der Waals surface area contributed by atoms with Crippen molar-refractivity contribution in [2.24, 2.45) is 0 Å². The lowest BCUT2D eigenvalue weighted by Crippen LogP contribution is -2.45. The van der Waals surface area contributed by atoms with Crippen LogP contribution in [0.1, 0.15) is 0 Å². The van der Waals surface area contributed by atoms with Crippen molar-refractivity contribution in [3.63, 3.8) is 0 Å². The third-order valence-corrected chi connectivity index (χ3v) is 1.19. The Balaban J connectivity index is 3.67. The van der Waals surface area contributed by atoms with Crippen LogP contribution in [-0.4, -0.2) is 25.1 Å². The van der Waals surface area contributed by atoms with E-state index in [0.29, 0.717) is 0 Å². The molecule has 8 heteroatoms. The Morgan fingerprint density at radius 1 is 1.60 bits per heavy atom. The van der Waals surface area contributed by atoms with Gasteiger partial charge in [-0.25, -0.2) is 0 Å². The van der Waals surface area contributed by atoms with Gasteiger partial charge >= 0.3 is 10.3 Å². The average Bonchev–Trinajstić information content (AvgIpc) is 1.81. The van der Waals surface area contributed by atoms with Crippen molar-refractivity contribution in [3.05, 3.63) is 0 Å². The predicted molar refractivity (Wildman–Crippen MR) is 39.5 cm³/mol. The van der Waals surface area contributed by atoms with Gasteiger partial charge in [0.2, 0.25) is 0 Å². The maximum atomic E-state index is 9.95. The molecule has 0 aliphatic carbocycles. The molecular formula is C2H7N3O3S2. The molecule has 0 aliphatic heterocycles. The first-order chi connectivity index (χ1) is 4.45. The Morgan fingerprint density at radius 3 is 2.40 bits per heavy atom. The molecule has 0 spiro atoms. The molecule has 0 fully saturated rings. The molecule has 10 heavy (non-hydrogen) atoms. The zero-order valence-corrected chi connectivity index (χ0v) is 6.71. The summed E-state index contributed by atoms with van der Waals surface area (Å²) in [6.07, 6.45) is 0. The van der Waals surface area contributed by atoms with E-state index < -0.39 is 10.3 Å². The largest absolute Gasteiger partial charge is 0.365 e. The molecule has 0 radical (unpaired) electrons. The zero-order chi connectivity index (χ0) is 8.20. The Kier molecular flexibility index (Phi) is 3.50. The number of hydrazine groups is 1. The fraction of sp³-hybridized carbons (Fsp3) is 0.500. The molecule has 0 rings (SSSR count). The van der Waals surface area contributed by atoms with Gasteiger partial charge in [-0.05, 0) is 12.2 Å². The molecule has 0 saturated heterocycles. The van der Waals surface area contributed by atoms with E-state index in [4.69, 9.17) is 4.55 Å². The molecule has 0 aromatic carbocycles. The average molecular weight is 185 g/mol. The fourth-order valence-corrected chi connectivity index (χ4v) is 0.520. The van der Waals surface area contributed by atoms with E-state index in [-0.39, 0.29) is 5.11 Å². The molecule has 0 saturated carbocycles. The van der Waals surface area contributed by atoms with Crippen molar-refractivity contribution < 1.29 is 13.0 Å². The van der Waals surface area contributed by atoms with Gasteiger partial charge in [0.1, 0.15) is 0 Å². The minimum atomic E-state index is -4.22. The van der Waals surface area contributed by atoms with Gasteiger partial charge in [0, 0.05) is 7.05 Å². The fourth-order valence-electron chi connectivity index (χ4n) is 0.173. The van der Waals surface area contributed by atoms with Crippen LogP contribution >= 0.6 is 12.2 Å². The predicted octanol–water partition coefficient (Wildman–Crippen LogP) is -1.61. The number of hydrogen-bond acceptors (Lipinski definition) is 3. The summed E-state index contributed by atoms with van der Waals surface area (Å²) in [4.78, 5) is 1.55. The minimum Gasteiger partial charge on any atom is -0.365 e. The summed E-state index contributed by atoms with van der Waals surface area (Å²) in [5, 5.41) is 2.49. The summed E-state index contributed by atoms with van der Waals surface area (Å²) in [6.45, 7) is 0. The van der Waals surface area contributed by atoms with Gasteiger partial charge in [-0.2, -0.15) is 8.42 Å². The number of thiocarbonyl (C=S) groups is 1. The molecule has 0 bridgehead atoms. The van der Waals surface area contributed by atoms with E-state index in [1.54, 1.807) is 4.83 Å². The molecule has 0 atom stereocenters. The van der Waals surface area contributed by atoms with Crippen LogP contribution in [0.15, 0.2) is 0 Å². The lowest BCUT2D eigenvalue weighted by molar-refractivity contribution is 0.463. The Bertz CT molecular complexity index is 210. The molecule has 4 N–H and O–H groups in total. The first-order valence-corrected chi connectivity index (χ1v) is 4.02. The topological polar surface area (TPSA) is 90.5 Å². The standard InChI is InChI=1S/C2H7N3O3S2/c1-3-2(9)4-5-10(6,7)8/h5H,1H3,(H2,3,4,9)(H,6,7,8). The van der Waals surface area contributed by atoms with Crippen LogP contribution in [0.2, 0.25) is 0 Å². The summed E-state index contributed by atoms with van der Waals surface area (Å²) in [5.74, 6) is 0. The van der Waals surface area contributed by atoms with Gasteiger partial charge in [0.25, 0.3) is 0 Å². The second-order valence-corrected chi connectivity index (χ2v) is 2.84. The molecule has 6 nitrogen and oxygen atoms in total. The number of rotatable bonds is 2. The van der Waals surface area contributed by atoms with Crippen LogP contribution in [0.4, 0.5) is 0 Å². The highest BCUT2D eigenvalue weighted by Gasteiger charge is 2.00. The van der Waals surface area contributed by atoms with Crippen molar-refractivity contribution >= 4 is 27.6 Å². The highest BCUT2D eigenvalue weighted by atomic mass is 32.2. The van der Waals surface area contributed by atoms with Crippen LogP contribution in [0.3, 0.4) is 0 Å². The highest BCUT2D eigenvalue weighted by molar-refractivity contribution is 7.84. The molecule has 0 aliphatic rings. The second-order valence-electron chi connectivity index (χ2n) is 1.28. The Hall–Kier alpha value is -0.440. The summed E-state index contributed by atoms with van der Waals surface area (Å²) in [7, 11) is -2.72. The van der Waals surface area contributed by atoms with Crippen LogP contribution in [-0.2, 0) is 10.3 Å². The van der Waals surface area contributed by atoms with Gasteiger partial charge in [0.05, 0.1) is 0 Å². The lowest BCUT2D eigenvalue weighted by Gasteiger charge is -2.04. The van der Waals surface area contributed by atoms with E-state index >= 15 is 0 Å². The van der Waals surface area contributed by atoms with Gasteiger partial charge in [-0.15, -0.1) is 4.83 Å². The molecule has 0 aromatic rings. The molecule has 0 aromatic heterocycles. The van der Waals surface area contributed by atoms with Crippen molar-refractivity contribution in [3.8, 4) is 0 Å². The number of hydrogen-bond donors (Lipinski definition) is 4. The molecule has 0 amide bonds. The maximum absolute atomic E-state index is 9.95. The van der Waals surface area contributed by atoms with Crippen molar-refractivity contribution in [1.82, 2.24) is 15.6 Å². The summed E-state index contributed by atoms with van der Waals surface area (Å²) < 4.78 is 28.0. The van der Waals surface area contributed by atoms with Crippen LogP contribution in [0.25, 0.3) is 0 Å². The van der Waals surface area contributed by atoms with Gasteiger partial charge in [-0.3, -0.25) is 9.98 Å². The van der Waals surface area contributed by atoms with Crippen LogP contribution < -0.4 is 15.6 Å². The quantitative estimate of drug-likeness (QED) is 0.235. The van der Waals surface area contributed by atoms with Crippen molar-refractivity contribution in [1.29, 1.82) is 0 Å². The minimum absolute atomic E-state index is 0.0672. The Labute approximate surface area is 63.8 Å². The normalized spacial score (nSPS) is 10.6. The third-order valence-electron chi connectivity index (χ3n) is 0.521. The van der Waals surface area contributed by atoms with E-state index in [1.165, 1.54) is 7.05 Å². The molecule has 0 heterocycles. The van der Waals surface area contributed by atoms with Gasteiger partial charge in [0.15, 0.2) is 5.11 Å². The zero-order valence-electron chi connectivity index (χ0n) is 5.08. The monoisotopic (exact) mass is 185 g/mol. The smallest absolute Gasteiger partial charge is 0.350 e. The first-order valence-electron chi connectivity index (χ1n) is 2.17. The third kappa shape index (κ3) is 5.69. The van der Waals surface area contributed by atoms with Crippen molar-refractivity contribution in [2.75, 3.05) is 7.05 Å². The molecule has 0 unspecified atom stereocenters. The first kappa shape index (κ1) is 9.56. The summed E-state index contributed by atoms with van der Waals surface area (Å²) >= 11 is 4.46. The van der Waals surface area contributed by atoms with Crippen LogP contribution in [0.5, 0.6) is 0 Å². The SMILES string of the molecule is CNC(=S)NNS(=O)(=O)O. The lowest BCUT2D eigenvalue weighted by atomic mass is 11.1. The summed E-state index contributed by atoms with van der Waals surface area (Å²) in [5.41, 5.74) is 2.00. The molecule has 60 valence electrons. The van der Waals surface area contributed by atoms with E-state index in [2.05, 4.69) is 17.5 Å². The van der Waals surface area contributed by atoms with Gasteiger partial charge in [-0.1, -0.05) is 0 Å². The maximum Gasteiger partial charge on any atom is 0.350 e. The van der Waals surface area contributed by atoms with Crippen LogP contribution in [0, 0.1) is 0 Å². The molecular weight excluding hydrogens is 178 g/mol. The highest BCUT2D eigenvalue weighted by Crippen LogP contribution is 1.66. The van der Waals surface area contributed by atoms with Crippen molar-refractivity contribution in [2.45, 2.75) is 0 Å². The second kappa shape index (κ2) is 3.66. The van der Waals surface area contributed by atoms with E-state index in [9.17, 15) is 8.42 Å². The van der Waals surface area contributed by atoms with Gasteiger partial charge < -0.3 is 5.32 Å².